The van der Waals surface area contributed by atoms with Crippen LogP contribution in [-0.4, -0.2) is 37.1 Å². The second kappa shape index (κ2) is 6.49. The van der Waals surface area contributed by atoms with Gasteiger partial charge in [0.05, 0.1) is 0 Å². The average Bonchev–Trinajstić information content (AvgIpc) is 2.18. The van der Waals surface area contributed by atoms with Crippen LogP contribution in [0.25, 0.3) is 0 Å². The van der Waals surface area contributed by atoms with Crippen molar-refractivity contribution in [2.75, 3.05) is 26.2 Å². The first kappa shape index (κ1) is 13.0. The molecule has 1 heterocycles. The Labute approximate surface area is 96.9 Å². The largest absolute Gasteiger partial charge is 0.313 e. The molecule has 0 unspecified atom stereocenters. The lowest BCUT2D eigenvalue weighted by Gasteiger charge is -2.34. The van der Waals surface area contributed by atoms with E-state index in [1.807, 2.05) is 0 Å². The van der Waals surface area contributed by atoms with E-state index >= 15 is 0 Å². The normalized spacial score (nSPS) is 20.4. The molecule has 0 radical (unpaired) electrons. The fraction of sp³-hybridized carbons (Fsp3) is 1.00. The van der Waals surface area contributed by atoms with Crippen molar-refractivity contribution in [2.45, 2.75) is 46.6 Å². The van der Waals surface area contributed by atoms with Gasteiger partial charge in [0.1, 0.15) is 0 Å². The van der Waals surface area contributed by atoms with Gasteiger partial charge in [0.25, 0.3) is 0 Å². The molecule has 92 valence electrons. The summed E-state index contributed by atoms with van der Waals surface area (Å²) in [6, 6.07) is 0.623. The van der Waals surface area contributed by atoms with Crippen LogP contribution in [-0.2, 0) is 0 Å². The number of rotatable bonds is 5. The SMILES string of the molecule is CC(C)NCCN1CCC(C(C)C)CC1.[HH]. The molecule has 15 heavy (non-hydrogen) atoms. The molecule has 1 fully saturated rings. The van der Waals surface area contributed by atoms with Crippen LogP contribution in [0.2, 0.25) is 0 Å². The average molecular weight is 214 g/mol. The summed E-state index contributed by atoms with van der Waals surface area (Å²) >= 11 is 0. The van der Waals surface area contributed by atoms with Gasteiger partial charge in [-0.2, -0.15) is 0 Å². The van der Waals surface area contributed by atoms with Gasteiger partial charge in [-0.05, 0) is 37.8 Å². The van der Waals surface area contributed by atoms with E-state index in [1.165, 1.54) is 32.5 Å². The Bertz CT molecular complexity index is 161. The van der Waals surface area contributed by atoms with E-state index in [0.717, 1.165) is 18.4 Å². The summed E-state index contributed by atoms with van der Waals surface area (Å²) in [5.41, 5.74) is 0. The predicted octanol–water partition coefficient (Wildman–Crippen LogP) is 2.60. The Morgan fingerprint density at radius 1 is 1.20 bits per heavy atom. The minimum atomic E-state index is 0. The number of hydrogen-bond acceptors (Lipinski definition) is 2. The molecule has 1 saturated heterocycles. The highest BCUT2D eigenvalue weighted by molar-refractivity contribution is 4.74. The van der Waals surface area contributed by atoms with Crippen LogP contribution in [0.4, 0.5) is 0 Å². The van der Waals surface area contributed by atoms with Crippen molar-refractivity contribution < 1.29 is 1.43 Å². The topological polar surface area (TPSA) is 15.3 Å². The molecule has 0 aromatic rings. The molecular formula is C13H30N2. The zero-order valence-electron chi connectivity index (χ0n) is 10.9. The molecule has 2 heteroatoms. The van der Waals surface area contributed by atoms with E-state index in [0.29, 0.717) is 6.04 Å². The van der Waals surface area contributed by atoms with Crippen LogP contribution in [0.3, 0.4) is 0 Å². The van der Waals surface area contributed by atoms with Gasteiger partial charge in [-0.3, -0.25) is 0 Å². The van der Waals surface area contributed by atoms with Gasteiger partial charge in [0, 0.05) is 20.6 Å². The Morgan fingerprint density at radius 2 is 1.80 bits per heavy atom. The number of nitrogens with one attached hydrogen (secondary N) is 1. The molecule has 0 spiro atoms. The molecule has 0 amide bonds. The highest BCUT2D eigenvalue weighted by atomic mass is 15.1. The molecule has 1 aliphatic heterocycles. The summed E-state index contributed by atoms with van der Waals surface area (Å²) in [4.78, 5) is 2.61. The fourth-order valence-corrected chi connectivity index (χ4v) is 2.35. The van der Waals surface area contributed by atoms with Gasteiger partial charge in [-0.15, -0.1) is 0 Å². The van der Waals surface area contributed by atoms with Gasteiger partial charge in [-0.1, -0.05) is 27.7 Å². The highest BCUT2D eigenvalue weighted by Crippen LogP contribution is 2.23. The van der Waals surface area contributed by atoms with Crippen molar-refractivity contribution >= 4 is 0 Å². The van der Waals surface area contributed by atoms with Gasteiger partial charge in [0.2, 0.25) is 0 Å². The minimum Gasteiger partial charge on any atom is -0.313 e. The summed E-state index contributed by atoms with van der Waals surface area (Å²) in [6.07, 6.45) is 2.80. The third kappa shape index (κ3) is 4.98. The lowest BCUT2D eigenvalue weighted by atomic mass is 9.87. The van der Waals surface area contributed by atoms with Crippen molar-refractivity contribution in [1.29, 1.82) is 0 Å². The minimum absolute atomic E-state index is 0. The zero-order valence-corrected chi connectivity index (χ0v) is 10.9. The summed E-state index contributed by atoms with van der Waals surface area (Å²) in [5, 5.41) is 3.49. The van der Waals surface area contributed by atoms with Gasteiger partial charge in [-0.25, -0.2) is 0 Å². The van der Waals surface area contributed by atoms with E-state index in [-0.39, 0.29) is 1.43 Å². The zero-order chi connectivity index (χ0) is 11.3. The van der Waals surface area contributed by atoms with Crippen molar-refractivity contribution in [1.82, 2.24) is 10.2 Å². The monoisotopic (exact) mass is 214 g/mol. The highest BCUT2D eigenvalue weighted by Gasteiger charge is 2.20. The Morgan fingerprint density at radius 3 is 2.27 bits per heavy atom. The molecule has 0 saturated carbocycles. The van der Waals surface area contributed by atoms with Crippen molar-refractivity contribution in [3.8, 4) is 0 Å². The van der Waals surface area contributed by atoms with Crippen LogP contribution < -0.4 is 5.32 Å². The summed E-state index contributed by atoms with van der Waals surface area (Å²) in [5.74, 6) is 1.85. The quantitative estimate of drug-likeness (QED) is 0.757. The maximum atomic E-state index is 3.49. The van der Waals surface area contributed by atoms with E-state index < -0.39 is 0 Å². The van der Waals surface area contributed by atoms with Crippen LogP contribution in [0.1, 0.15) is 42.0 Å². The first-order chi connectivity index (χ1) is 7.09. The molecule has 0 aromatic heterocycles. The van der Waals surface area contributed by atoms with Crippen molar-refractivity contribution in [2.24, 2.45) is 11.8 Å². The third-order valence-corrected chi connectivity index (χ3v) is 3.56. The molecule has 1 N–H and O–H groups in total. The van der Waals surface area contributed by atoms with E-state index in [4.69, 9.17) is 0 Å². The summed E-state index contributed by atoms with van der Waals surface area (Å²) < 4.78 is 0. The van der Waals surface area contributed by atoms with E-state index in [1.54, 1.807) is 0 Å². The van der Waals surface area contributed by atoms with E-state index in [2.05, 4.69) is 37.9 Å². The van der Waals surface area contributed by atoms with Crippen LogP contribution in [0.15, 0.2) is 0 Å². The smallest absolute Gasteiger partial charge is 0.0107 e. The Hall–Kier alpha value is -0.0800. The molecule has 0 atom stereocenters. The second-order valence-corrected chi connectivity index (χ2v) is 5.53. The first-order valence-electron chi connectivity index (χ1n) is 6.55. The summed E-state index contributed by atoms with van der Waals surface area (Å²) in [7, 11) is 0. The van der Waals surface area contributed by atoms with Crippen LogP contribution in [0, 0.1) is 11.8 Å². The van der Waals surface area contributed by atoms with E-state index in [9.17, 15) is 0 Å². The van der Waals surface area contributed by atoms with Crippen LogP contribution >= 0.6 is 0 Å². The first-order valence-corrected chi connectivity index (χ1v) is 6.55. The number of piperidine rings is 1. The number of hydrogen-bond donors (Lipinski definition) is 1. The predicted molar refractivity (Wildman–Crippen MR) is 69.3 cm³/mol. The maximum absolute atomic E-state index is 3.49. The fourth-order valence-electron chi connectivity index (χ4n) is 2.35. The second-order valence-electron chi connectivity index (χ2n) is 5.53. The molecule has 2 nitrogen and oxygen atoms in total. The standard InChI is InChI=1S/C13H28N2.H2/c1-11(2)13-5-8-15(9-6-13)10-7-14-12(3)4;/h11-14H,5-10H2,1-4H3;1H. The van der Waals surface area contributed by atoms with Crippen molar-refractivity contribution in [3.63, 3.8) is 0 Å². The Kier molecular flexibility index (Phi) is 5.62. The summed E-state index contributed by atoms with van der Waals surface area (Å²) in [6.45, 7) is 14.1. The van der Waals surface area contributed by atoms with Gasteiger partial charge >= 0.3 is 0 Å². The number of likely N-dealkylation sites (tertiary alicyclic amines) is 1. The Balaban J connectivity index is 0.00000225. The molecule has 0 aliphatic carbocycles. The lowest BCUT2D eigenvalue weighted by molar-refractivity contribution is 0.158. The lowest BCUT2D eigenvalue weighted by Crippen LogP contribution is -2.40. The van der Waals surface area contributed by atoms with Gasteiger partial charge < -0.3 is 10.2 Å². The molecule has 0 bridgehead atoms. The maximum Gasteiger partial charge on any atom is 0.0107 e. The van der Waals surface area contributed by atoms with Crippen molar-refractivity contribution in [3.05, 3.63) is 0 Å². The molecule has 1 rings (SSSR count). The molecular weight excluding hydrogens is 184 g/mol. The molecule has 0 aromatic carbocycles. The number of nitrogens with zero attached hydrogens (tertiary/aromatic N) is 1. The van der Waals surface area contributed by atoms with Gasteiger partial charge in [0.15, 0.2) is 0 Å². The third-order valence-electron chi connectivity index (χ3n) is 3.56. The van der Waals surface area contributed by atoms with Crippen LogP contribution in [0.5, 0.6) is 0 Å². The molecule has 1 aliphatic rings.